The third kappa shape index (κ3) is 7.32. The summed E-state index contributed by atoms with van der Waals surface area (Å²) in [4.78, 5) is 10.5. The van der Waals surface area contributed by atoms with E-state index in [9.17, 15) is 4.79 Å². The van der Waals surface area contributed by atoms with Gasteiger partial charge in [0.2, 0.25) is 0 Å². The Hall–Kier alpha value is -1.83. The van der Waals surface area contributed by atoms with E-state index in [0.717, 1.165) is 11.5 Å². The van der Waals surface area contributed by atoms with Crippen LogP contribution in [-0.4, -0.2) is 11.1 Å². The molecule has 2 heteroatoms. The van der Waals surface area contributed by atoms with E-state index in [1.165, 1.54) is 36.5 Å². The molecule has 23 heavy (non-hydrogen) atoms. The van der Waals surface area contributed by atoms with Gasteiger partial charge in [0.15, 0.2) is 0 Å². The van der Waals surface area contributed by atoms with Crippen molar-refractivity contribution in [3.05, 3.63) is 59.8 Å². The van der Waals surface area contributed by atoms with E-state index in [0.29, 0.717) is 11.8 Å². The van der Waals surface area contributed by atoms with Crippen molar-refractivity contribution >= 4 is 5.97 Å². The number of carboxylic acids is 1. The number of rotatable bonds is 6. The molecule has 0 bridgehead atoms. The second-order valence-electron chi connectivity index (χ2n) is 6.85. The van der Waals surface area contributed by atoms with Gasteiger partial charge in [-0.05, 0) is 63.4 Å². The van der Waals surface area contributed by atoms with E-state index >= 15 is 0 Å². The van der Waals surface area contributed by atoms with Gasteiger partial charge in [0, 0.05) is 6.08 Å². The lowest BCUT2D eigenvalue weighted by Crippen LogP contribution is -2.22. The molecule has 0 spiro atoms. The zero-order valence-corrected chi connectivity index (χ0v) is 14.9. The molecule has 0 aromatic heterocycles. The number of hydrogen-bond acceptors (Lipinski definition) is 1. The Morgan fingerprint density at radius 2 is 1.83 bits per heavy atom. The van der Waals surface area contributed by atoms with Gasteiger partial charge in [0.25, 0.3) is 0 Å². The average Bonchev–Trinajstić information content (AvgIpc) is 2.45. The average molecular weight is 314 g/mol. The summed E-state index contributed by atoms with van der Waals surface area (Å²) in [5, 5.41) is 8.66. The second-order valence-corrected chi connectivity index (χ2v) is 6.85. The summed E-state index contributed by atoms with van der Waals surface area (Å²) in [6, 6.07) is 0. The minimum Gasteiger partial charge on any atom is -0.478 e. The first-order chi connectivity index (χ1) is 10.8. The van der Waals surface area contributed by atoms with E-state index in [1.807, 2.05) is 18.2 Å². The SMILES string of the molecule is C=C(C)[C@H]1CC[C@H](C)C(/C=C/C(C)=C\C=C\C(C)=C\C(=O)O)C1. The molecular formula is C21H30O2. The number of carboxylic acid groups (broad SMARTS) is 1. The maximum Gasteiger partial charge on any atom is 0.328 e. The maximum absolute atomic E-state index is 10.5. The third-order valence-electron chi connectivity index (χ3n) is 4.63. The zero-order chi connectivity index (χ0) is 17.4. The Balaban J connectivity index is 2.64. The standard InChI is InChI=1S/C21H30O2/c1-15(2)19-12-10-18(5)20(14-19)11-9-16(3)7-6-8-17(4)13-21(22)23/h6-9,11,13,18-20H,1,10,12,14H2,2-5H3,(H,22,23)/b8-6+,11-9+,16-7-,17-13+/t18-,19-,20?/m0/s1. The summed E-state index contributed by atoms with van der Waals surface area (Å²) in [5.41, 5.74) is 3.22. The van der Waals surface area contributed by atoms with Crippen LogP contribution >= 0.6 is 0 Å². The van der Waals surface area contributed by atoms with Crippen molar-refractivity contribution in [2.45, 2.75) is 47.0 Å². The van der Waals surface area contributed by atoms with Gasteiger partial charge in [0.05, 0.1) is 0 Å². The Morgan fingerprint density at radius 1 is 1.13 bits per heavy atom. The van der Waals surface area contributed by atoms with Gasteiger partial charge in [-0.25, -0.2) is 4.79 Å². The summed E-state index contributed by atoms with van der Waals surface area (Å²) in [6.45, 7) is 12.5. The Kier molecular flexibility index (Phi) is 7.80. The summed E-state index contributed by atoms with van der Waals surface area (Å²) in [5.74, 6) is 1.09. The number of carbonyl (C=O) groups is 1. The molecule has 0 aromatic rings. The van der Waals surface area contributed by atoms with Gasteiger partial charge in [0.1, 0.15) is 0 Å². The van der Waals surface area contributed by atoms with Crippen LogP contribution in [0.1, 0.15) is 47.0 Å². The first-order valence-corrected chi connectivity index (χ1v) is 8.39. The summed E-state index contributed by atoms with van der Waals surface area (Å²) in [7, 11) is 0. The third-order valence-corrected chi connectivity index (χ3v) is 4.63. The van der Waals surface area contributed by atoms with Crippen molar-refractivity contribution in [3.8, 4) is 0 Å². The largest absolute Gasteiger partial charge is 0.478 e. The molecule has 1 saturated carbocycles. The maximum atomic E-state index is 10.5. The van der Waals surface area contributed by atoms with Gasteiger partial charge in [-0.15, -0.1) is 0 Å². The quantitative estimate of drug-likeness (QED) is 0.387. The Bertz CT molecular complexity index is 546. The van der Waals surface area contributed by atoms with E-state index < -0.39 is 5.97 Å². The first kappa shape index (κ1) is 19.2. The normalized spacial score (nSPS) is 26.9. The molecule has 0 radical (unpaired) electrons. The van der Waals surface area contributed by atoms with Gasteiger partial charge in [-0.3, -0.25) is 0 Å². The van der Waals surface area contributed by atoms with E-state index in [-0.39, 0.29) is 0 Å². The molecule has 1 aliphatic carbocycles. The highest BCUT2D eigenvalue weighted by atomic mass is 16.4. The predicted octanol–water partition coefficient (Wildman–Crippen LogP) is 5.70. The molecule has 2 nitrogen and oxygen atoms in total. The van der Waals surface area contributed by atoms with Crippen molar-refractivity contribution in [3.63, 3.8) is 0 Å². The molecule has 1 unspecified atom stereocenters. The van der Waals surface area contributed by atoms with Crippen LogP contribution in [0.4, 0.5) is 0 Å². The molecule has 0 aliphatic heterocycles. The second kappa shape index (κ2) is 9.34. The number of aliphatic carboxylic acids is 1. The lowest BCUT2D eigenvalue weighted by Gasteiger charge is -2.33. The molecule has 0 saturated heterocycles. The minimum absolute atomic E-state index is 0.617. The van der Waals surface area contributed by atoms with Crippen molar-refractivity contribution < 1.29 is 9.90 Å². The molecule has 126 valence electrons. The smallest absolute Gasteiger partial charge is 0.328 e. The molecule has 1 N–H and O–H groups in total. The summed E-state index contributed by atoms with van der Waals surface area (Å²) >= 11 is 0. The fraction of sp³-hybridized carbons (Fsp3) is 0.476. The van der Waals surface area contributed by atoms with Crippen LogP contribution in [0.15, 0.2) is 59.8 Å². The molecule has 3 atom stereocenters. The van der Waals surface area contributed by atoms with Crippen molar-refractivity contribution in [1.29, 1.82) is 0 Å². The lowest BCUT2D eigenvalue weighted by molar-refractivity contribution is -0.131. The summed E-state index contributed by atoms with van der Waals surface area (Å²) in [6.07, 6.45) is 15.2. The van der Waals surface area contributed by atoms with Crippen molar-refractivity contribution in [1.82, 2.24) is 0 Å². The van der Waals surface area contributed by atoms with E-state index in [2.05, 4.69) is 39.5 Å². The van der Waals surface area contributed by atoms with Crippen LogP contribution in [0.25, 0.3) is 0 Å². The van der Waals surface area contributed by atoms with Crippen molar-refractivity contribution in [2.24, 2.45) is 17.8 Å². The van der Waals surface area contributed by atoms with Gasteiger partial charge >= 0.3 is 5.97 Å². The van der Waals surface area contributed by atoms with E-state index in [1.54, 1.807) is 6.92 Å². The highest BCUT2D eigenvalue weighted by Gasteiger charge is 2.26. The fourth-order valence-electron chi connectivity index (χ4n) is 3.00. The Morgan fingerprint density at radius 3 is 2.43 bits per heavy atom. The molecular weight excluding hydrogens is 284 g/mol. The number of hydrogen-bond donors (Lipinski definition) is 1. The van der Waals surface area contributed by atoms with Gasteiger partial charge in [-0.2, -0.15) is 0 Å². The number of allylic oxidation sites excluding steroid dienone is 8. The van der Waals surface area contributed by atoms with Crippen LogP contribution < -0.4 is 0 Å². The van der Waals surface area contributed by atoms with E-state index in [4.69, 9.17) is 5.11 Å². The molecule has 1 aliphatic rings. The van der Waals surface area contributed by atoms with Crippen LogP contribution in [0.3, 0.4) is 0 Å². The monoisotopic (exact) mass is 314 g/mol. The zero-order valence-electron chi connectivity index (χ0n) is 14.9. The minimum atomic E-state index is -0.911. The predicted molar refractivity (Wildman–Crippen MR) is 98.2 cm³/mol. The highest BCUT2D eigenvalue weighted by molar-refractivity contribution is 5.81. The van der Waals surface area contributed by atoms with Gasteiger partial charge < -0.3 is 5.11 Å². The van der Waals surface area contributed by atoms with Crippen LogP contribution in [0.2, 0.25) is 0 Å². The molecule has 0 amide bonds. The molecule has 1 rings (SSSR count). The Labute approximate surface area is 141 Å². The summed E-state index contributed by atoms with van der Waals surface area (Å²) < 4.78 is 0. The molecule has 1 fully saturated rings. The van der Waals surface area contributed by atoms with Crippen LogP contribution in [0, 0.1) is 17.8 Å². The molecule has 0 heterocycles. The highest BCUT2D eigenvalue weighted by Crippen LogP contribution is 2.37. The van der Waals surface area contributed by atoms with Crippen LogP contribution in [-0.2, 0) is 4.79 Å². The first-order valence-electron chi connectivity index (χ1n) is 8.39. The van der Waals surface area contributed by atoms with Crippen LogP contribution in [0.5, 0.6) is 0 Å². The lowest BCUT2D eigenvalue weighted by atomic mass is 9.72. The topological polar surface area (TPSA) is 37.3 Å². The fourth-order valence-corrected chi connectivity index (χ4v) is 3.00. The molecule has 0 aromatic carbocycles. The van der Waals surface area contributed by atoms with Gasteiger partial charge in [-0.1, -0.05) is 55.0 Å². The van der Waals surface area contributed by atoms with Crippen molar-refractivity contribution in [2.75, 3.05) is 0 Å².